The van der Waals surface area contributed by atoms with Gasteiger partial charge in [-0.3, -0.25) is 4.79 Å². The van der Waals surface area contributed by atoms with Crippen molar-refractivity contribution >= 4 is 5.91 Å². The lowest BCUT2D eigenvalue weighted by atomic mass is 10.1. The fraction of sp³-hybridized carbons (Fsp3) is 0.500. The summed E-state index contributed by atoms with van der Waals surface area (Å²) in [4.78, 5) is 13.8. The molecule has 0 unspecified atom stereocenters. The smallest absolute Gasteiger partial charge is 0.222 e. The molecule has 0 bridgehead atoms. The highest BCUT2D eigenvalue weighted by Crippen LogP contribution is 2.13. The summed E-state index contributed by atoms with van der Waals surface area (Å²) in [5.41, 5.74) is 0.622. The van der Waals surface area contributed by atoms with Gasteiger partial charge in [-0.2, -0.15) is 5.26 Å². The molecule has 0 aromatic heterocycles. The van der Waals surface area contributed by atoms with Crippen LogP contribution in [0.4, 0.5) is 0 Å². The van der Waals surface area contributed by atoms with Gasteiger partial charge in [0, 0.05) is 13.0 Å². The minimum absolute atomic E-state index is 0.244. The molecule has 0 spiro atoms. The molecular weight excluding hydrogens is 252 g/mol. The molecule has 1 aliphatic heterocycles. The van der Waals surface area contributed by atoms with Crippen molar-refractivity contribution in [2.75, 3.05) is 19.7 Å². The largest absolute Gasteiger partial charge is 0.492 e. The number of rotatable bonds is 4. The van der Waals surface area contributed by atoms with Crippen LogP contribution in [0.1, 0.15) is 37.7 Å². The van der Waals surface area contributed by atoms with E-state index in [1.165, 1.54) is 12.8 Å². The van der Waals surface area contributed by atoms with Crippen LogP contribution in [0.25, 0.3) is 0 Å². The van der Waals surface area contributed by atoms with E-state index in [2.05, 4.69) is 6.07 Å². The van der Waals surface area contributed by atoms with Crippen molar-refractivity contribution in [3.8, 4) is 11.8 Å². The van der Waals surface area contributed by atoms with Gasteiger partial charge in [-0.05, 0) is 37.1 Å². The van der Waals surface area contributed by atoms with E-state index in [1.807, 2.05) is 4.90 Å². The Morgan fingerprint density at radius 2 is 1.90 bits per heavy atom. The monoisotopic (exact) mass is 272 g/mol. The third-order valence-corrected chi connectivity index (χ3v) is 3.53. The second-order valence-electron chi connectivity index (χ2n) is 5.03. The standard InChI is InChI=1S/C16H20N2O2/c17-13-14-6-8-15(9-7-14)20-12-11-18-10-4-2-1-3-5-16(18)19/h6-9H,1-5,10-12H2. The van der Waals surface area contributed by atoms with Gasteiger partial charge < -0.3 is 9.64 Å². The van der Waals surface area contributed by atoms with E-state index in [9.17, 15) is 4.79 Å². The van der Waals surface area contributed by atoms with E-state index < -0.39 is 0 Å². The van der Waals surface area contributed by atoms with Gasteiger partial charge in [0.1, 0.15) is 12.4 Å². The van der Waals surface area contributed by atoms with E-state index in [4.69, 9.17) is 10.00 Å². The maximum Gasteiger partial charge on any atom is 0.222 e. The van der Waals surface area contributed by atoms with E-state index >= 15 is 0 Å². The molecule has 1 amide bonds. The van der Waals surface area contributed by atoms with Crippen LogP contribution < -0.4 is 4.74 Å². The molecule has 106 valence electrons. The van der Waals surface area contributed by atoms with E-state index in [0.29, 0.717) is 25.1 Å². The van der Waals surface area contributed by atoms with Gasteiger partial charge in [-0.1, -0.05) is 12.8 Å². The van der Waals surface area contributed by atoms with Crippen molar-refractivity contribution in [2.24, 2.45) is 0 Å². The fourth-order valence-electron chi connectivity index (χ4n) is 2.35. The summed E-state index contributed by atoms with van der Waals surface area (Å²) in [5.74, 6) is 0.983. The summed E-state index contributed by atoms with van der Waals surface area (Å²) in [5, 5.41) is 8.72. The molecule has 0 saturated carbocycles. The Morgan fingerprint density at radius 1 is 1.15 bits per heavy atom. The number of carbonyl (C=O) groups excluding carboxylic acids is 1. The lowest BCUT2D eigenvalue weighted by Crippen LogP contribution is -2.36. The molecule has 4 heteroatoms. The number of benzene rings is 1. The molecule has 1 saturated heterocycles. The Labute approximate surface area is 120 Å². The lowest BCUT2D eigenvalue weighted by molar-refractivity contribution is -0.132. The number of nitrogens with zero attached hydrogens (tertiary/aromatic N) is 2. The van der Waals surface area contributed by atoms with Gasteiger partial charge in [-0.15, -0.1) is 0 Å². The van der Waals surface area contributed by atoms with Crippen molar-refractivity contribution in [3.63, 3.8) is 0 Å². The number of hydrogen-bond acceptors (Lipinski definition) is 3. The average Bonchev–Trinajstić information content (AvgIpc) is 2.47. The predicted octanol–water partition coefficient (Wildman–Crippen LogP) is 2.73. The molecule has 0 aliphatic carbocycles. The van der Waals surface area contributed by atoms with Crippen LogP contribution in [-0.2, 0) is 4.79 Å². The van der Waals surface area contributed by atoms with E-state index in [0.717, 1.165) is 25.1 Å². The number of likely N-dealkylation sites (tertiary alicyclic amines) is 1. The summed E-state index contributed by atoms with van der Waals surface area (Å²) in [6, 6.07) is 9.11. The molecule has 0 radical (unpaired) electrons. The maximum atomic E-state index is 11.9. The quantitative estimate of drug-likeness (QED) is 0.846. The Morgan fingerprint density at radius 3 is 2.65 bits per heavy atom. The molecule has 20 heavy (non-hydrogen) atoms. The van der Waals surface area contributed by atoms with Crippen molar-refractivity contribution < 1.29 is 9.53 Å². The van der Waals surface area contributed by atoms with Crippen LogP contribution in [0.2, 0.25) is 0 Å². The van der Waals surface area contributed by atoms with Crippen LogP contribution in [-0.4, -0.2) is 30.5 Å². The third-order valence-electron chi connectivity index (χ3n) is 3.53. The SMILES string of the molecule is N#Cc1ccc(OCCN2CCCCCCC2=O)cc1. The average molecular weight is 272 g/mol. The first-order valence-electron chi connectivity index (χ1n) is 7.20. The van der Waals surface area contributed by atoms with Crippen molar-refractivity contribution in [3.05, 3.63) is 29.8 Å². The van der Waals surface area contributed by atoms with Gasteiger partial charge in [0.05, 0.1) is 18.2 Å². The second-order valence-corrected chi connectivity index (χ2v) is 5.03. The number of carbonyl (C=O) groups is 1. The minimum atomic E-state index is 0.244. The molecule has 1 aromatic carbocycles. The zero-order valence-electron chi connectivity index (χ0n) is 11.7. The van der Waals surface area contributed by atoms with Crippen molar-refractivity contribution in [1.29, 1.82) is 5.26 Å². The summed E-state index contributed by atoms with van der Waals surface area (Å²) in [6.07, 6.45) is 5.13. The normalized spacial score (nSPS) is 16.1. The predicted molar refractivity (Wildman–Crippen MR) is 76.3 cm³/mol. The Bertz CT molecular complexity index is 476. The lowest BCUT2D eigenvalue weighted by Gasteiger charge is -2.24. The Hall–Kier alpha value is -2.02. The van der Waals surface area contributed by atoms with Gasteiger partial charge >= 0.3 is 0 Å². The minimum Gasteiger partial charge on any atom is -0.492 e. The van der Waals surface area contributed by atoms with Crippen LogP contribution in [0.5, 0.6) is 5.75 Å². The summed E-state index contributed by atoms with van der Waals surface area (Å²) in [7, 11) is 0. The first-order valence-corrected chi connectivity index (χ1v) is 7.20. The van der Waals surface area contributed by atoms with Crippen LogP contribution in [0, 0.1) is 11.3 Å². The van der Waals surface area contributed by atoms with Crippen LogP contribution >= 0.6 is 0 Å². The van der Waals surface area contributed by atoms with Crippen LogP contribution in [0.3, 0.4) is 0 Å². The summed E-state index contributed by atoms with van der Waals surface area (Å²) >= 11 is 0. The molecule has 1 fully saturated rings. The first kappa shape index (κ1) is 14.4. The molecule has 4 nitrogen and oxygen atoms in total. The topological polar surface area (TPSA) is 53.3 Å². The molecule has 1 heterocycles. The molecule has 2 rings (SSSR count). The molecule has 0 atom stereocenters. The highest BCUT2D eigenvalue weighted by Gasteiger charge is 2.15. The van der Waals surface area contributed by atoms with Crippen LogP contribution in [0.15, 0.2) is 24.3 Å². The highest BCUT2D eigenvalue weighted by atomic mass is 16.5. The van der Waals surface area contributed by atoms with Crippen molar-refractivity contribution in [1.82, 2.24) is 4.90 Å². The zero-order chi connectivity index (χ0) is 14.2. The number of nitriles is 1. The fourth-order valence-corrected chi connectivity index (χ4v) is 2.35. The Kier molecular flexibility index (Phi) is 5.43. The molecule has 0 N–H and O–H groups in total. The summed E-state index contributed by atoms with van der Waals surface area (Å²) in [6.45, 7) is 1.98. The molecule has 1 aliphatic rings. The van der Waals surface area contributed by atoms with E-state index in [1.54, 1.807) is 24.3 Å². The van der Waals surface area contributed by atoms with Gasteiger partial charge in [-0.25, -0.2) is 0 Å². The van der Waals surface area contributed by atoms with Gasteiger partial charge in [0.25, 0.3) is 0 Å². The first-order chi connectivity index (χ1) is 9.79. The molecule has 1 aromatic rings. The van der Waals surface area contributed by atoms with Crippen molar-refractivity contribution in [2.45, 2.75) is 32.1 Å². The maximum absolute atomic E-state index is 11.9. The van der Waals surface area contributed by atoms with E-state index in [-0.39, 0.29) is 5.91 Å². The number of amides is 1. The van der Waals surface area contributed by atoms with Gasteiger partial charge in [0.15, 0.2) is 0 Å². The molecular formula is C16H20N2O2. The highest BCUT2D eigenvalue weighted by molar-refractivity contribution is 5.76. The number of ether oxygens (including phenoxy) is 1. The third kappa shape index (κ3) is 4.27. The van der Waals surface area contributed by atoms with Gasteiger partial charge in [0.2, 0.25) is 5.91 Å². The number of hydrogen-bond donors (Lipinski definition) is 0. The zero-order valence-corrected chi connectivity index (χ0v) is 11.7. The Balaban J connectivity index is 1.78. The summed E-state index contributed by atoms with van der Waals surface area (Å²) < 4.78 is 5.63. The second kappa shape index (κ2) is 7.54.